The fourth-order valence-electron chi connectivity index (χ4n) is 2.48. The number of aromatic nitrogens is 1. The van der Waals surface area contributed by atoms with Gasteiger partial charge in [0.1, 0.15) is 0 Å². The molecule has 1 fully saturated rings. The van der Waals surface area contributed by atoms with Crippen LogP contribution >= 0.6 is 11.6 Å². The molecule has 1 aromatic rings. The Kier molecular flexibility index (Phi) is 3.54. The van der Waals surface area contributed by atoms with E-state index in [9.17, 15) is 0 Å². The van der Waals surface area contributed by atoms with Crippen LogP contribution < -0.4 is 10.6 Å². The molecule has 0 radical (unpaired) electrons. The third kappa shape index (κ3) is 2.24. The van der Waals surface area contributed by atoms with Gasteiger partial charge in [-0.05, 0) is 25.8 Å². The van der Waals surface area contributed by atoms with E-state index in [1.54, 1.807) is 12.3 Å². The molecule has 0 amide bonds. The minimum absolute atomic E-state index is 0.598. The van der Waals surface area contributed by atoms with Crippen LogP contribution in [-0.2, 0) is 0 Å². The van der Waals surface area contributed by atoms with Gasteiger partial charge in [0.15, 0.2) is 5.82 Å². The first-order valence-corrected chi connectivity index (χ1v) is 6.28. The van der Waals surface area contributed by atoms with Crippen LogP contribution in [0.4, 0.5) is 11.5 Å². The lowest BCUT2D eigenvalue weighted by molar-refractivity contribution is 0.614. The Balaban J connectivity index is 2.25. The number of anilines is 2. The molecule has 4 heteroatoms. The smallest absolute Gasteiger partial charge is 0.152 e. The summed E-state index contributed by atoms with van der Waals surface area (Å²) in [4.78, 5) is 6.67. The van der Waals surface area contributed by atoms with Crippen LogP contribution in [0.2, 0.25) is 5.02 Å². The molecule has 0 spiro atoms. The summed E-state index contributed by atoms with van der Waals surface area (Å²) in [5.74, 6) is 0.888. The van der Waals surface area contributed by atoms with Crippen LogP contribution in [0.1, 0.15) is 32.6 Å². The van der Waals surface area contributed by atoms with Crippen molar-refractivity contribution in [2.45, 2.75) is 38.6 Å². The second kappa shape index (κ2) is 4.91. The average molecular weight is 240 g/mol. The Hall–Kier alpha value is -0.960. The monoisotopic (exact) mass is 239 g/mol. The SMILES string of the molecule is CCN(c1ncc(Cl)cc1N)C1CCCC1. The summed E-state index contributed by atoms with van der Waals surface area (Å²) in [6.07, 6.45) is 6.79. The number of hydrogen-bond donors (Lipinski definition) is 1. The summed E-state index contributed by atoms with van der Waals surface area (Å²) in [6, 6.07) is 2.38. The maximum Gasteiger partial charge on any atom is 0.152 e. The van der Waals surface area contributed by atoms with Crippen LogP contribution in [0.25, 0.3) is 0 Å². The Morgan fingerprint density at radius 3 is 2.75 bits per heavy atom. The first-order valence-electron chi connectivity index (χ1n) is 5.90. The zero-order valence-corrected chi connectivity index (χ0v) is 10.4. The van der Waals surface area contributed by atoms with Gasteiger partial charge in [-0.2, -0.15) is 0 Å². The molecule has 0 aromatic carbocycles. The number of halogens is 1. The number of nitrogens with two attached hydrogens (primary N) is 1. The molecule has 1 saturated carbocycles. The molecule has 16 heavy (non-hydrogen) atoms. The van der Waals surface area contributed by atoms with E-state index in [1.807, 2.05) is 0 Å². The molecule has 0 atom stereocenters. The fourth-order valence-corrected chi connectivity index (χ4v) is 2.65. The van der Waals surface area contributed by atoms with Gasteiger partial charge in [-0.25, -0.2) is 4.98 Å². The van der Waals surface area contributed by atoms with E-state index >= 15 is 0 Å². The van der Waals surface area contributed by atoms with E-state index in [0.29, 0.717) is 16.8 Å². The van der Waals surface area contributed by atoms with Crippen molar-refractivity contribution in [2.75, 3.05) is 17.2 Å². The number of nitrogens with zero attached hydrogens (tertiary/aromatic N) is 2. The van der Waals surface area contributed by atoms with E-state index in [2.05, 4.69) is 16.8 Å². The Morgan fingerprint density at radius 1 is 1.50 bits per heavy atom. The van der Waals surface area contributed by atoms with Crippen molar-refractivity contribution in [3.63, 3.8) is 0 Å². The third-order valence-corrected chi connectivity index (χ3v) is 3.45. The van der Waals surface area contributed by atoms with Crippen LogP contribution in [0.15, 0.2) is 12.3 Å². The highest BCUT2D eigenvalue weighted by Crippen LogP contribution is 2.30. The summed E-state index contributed by atoms with van der Waals surface area (Å²) in [7, 11) is 0. The second-order valence-electron chi connectivity index (χ2n) is 4.29. The summed E-state index contributed by atoms with van der Waals surface area (Å²) in [6.45, 7) is 3.09. The fraction of sp³-hybridized carbons (Fsp3) is 0.583. The van der Waals surface area contributed by atoms with Crippen molar-refractivity contribution in [3.8, 4) is 0 Å². The van der Waals surface area contributed by atoms with Gasteiger partial charge >= 0.3 is 0 Å². The van der Waals surface area contributed by atoms with Crippen molar-refractivity contribution in [3.05, 3.63) is 17.3 Å². The number of hydrogen-bond acceptors (Lipinski definition) is 3. The normalized spacial score (nSPS) is 16.6. The third-order valence-electron chi connectivity index (χ3n) is 3.24. The highest BCUT2D eigenvalue weighted by atomic mass is 35.5. The van der Waals surface area contributed by atoms with Gasteiger partial charge in [0.05, 0.1) is 10.7 Å². The topological polar surface area (TPSA) is 42.2 Å². The number of pyridine rings is 1. The van der Waals surface area contributed by atoms with E-state index in [-0.39, 0.29) is 0 Å². The summed E-state index contributed by atoms with van der Waals surface area (Å²) in [5, 5.41) is 0.601. The first kappa shape index (κ1) is 11.5. The molecule has 3 nitrogen and oxygen atoms in total. The van der Waals surface area contributed by atoms with Crippen LogP contribution in [-0.4, -0.2) is 17.6 Å². The lowest BCUT2D eigenvalue weighted by Crippen LogP contribution is -2.34. The maximum atomic E-state index is 5.98. The quantitative estimate of drug-likeness (QED) is 0.882. The van der Waals surface area contributed by atoms with Crippen LogP contribution in [0, 0.1) is 0 Å². The Morgan fingerprint density at radius 2 is 2.19 bits per heavy atom. The standard InChI is InChI=1S/C12H18ClN3/c1-2-16(10-5-3-4-6-10)12-11(14)7-9(13)8-15-12/h7-8,10H,2-6,14H2,1H3. The van der Waals surface area contributed by atoms with Gasteiger partial charge in [0.2, 0.25) is 0 Å². The maximum absolute atomic E-state index is 5.98. The predicted molar refractivity (Wildman–Crippen MR) is 68.9 cm³/mol. The molecule has 1 aromatic heterocycles. The molecule has 2 N–H and O–H groups in total. The second-order valence-corrected chi connectivity index (χ2v) is 4.73. The van der Waals surface area contributed by atoms with Crippen molar-refractivity contribution >= 4 is 23.1 Å². The number of rotatable bonds is 3. The van der Waals surface area contributed by atoms with Crippen molar-refractivity contribution in [2.24, 2.45) is 0 Å². The molecular weight excluding hydrogens is 222 g/mol. The van der Waals surface area contributed by atoms with Gasteiger partial charge in [-0.3, -0.25) is 0 Å². The predicted octanol–water partition coefficient (Wildman–Crippen LogP) is 3.09. The van der Waals surface area contributed by atoms with E-state index in [1.165, 1.54) is 25.7 Å². The largest absolute Gasteiger partial charge is 0.396 e. The minimum Gasteiger partial charge on any atom is -0.396 e. The molecular formula is C12H18ClN3. The molecule has 1 aliphatic carbocycles. The van der Waals surface area contributed by atoms with Crippen molar-refractivity contribution in [1.82, 2.24) is 4.98 Å². The molecule has 0 bridgehead atoms. The van der Waals surface area contributed by atoms with E-state index in [4.69, 9.17) is 17.3 Å². The van der Waals surface area contributed by atoms with E-state index in [0.717, 1.165) is 12.4 Å². The molecule has 1 aliphatic rings. The molecule has 2 rings (SSSR count). The van der Waals surface area contributed by atoms with Gasteiger partial charge < -0.3 is 10.6 Å². The minimum atomic E-state index is 0.598. The summed E-state index contributed by atoms with van der Waals surface area (Å²) in [5.41, 5.74) is 6.66. The molecule has 0 aliphatic heterocycles. The van der Waals surface area contributed by atoms with Gasteiger partial charge in [-0.1, -0.05) is 24.4 Å². The van der Waals surface area contributed by atoms with Crippen molar-refractivity contribution < 1.29 is 0 Å². The highest BCUT2D eigenvalue weighted by Gasteiger charge is 2.23. The first-order chi connectivity index (χ1) is 7.72. The van der Waals surface area contributed by atoms with Crippen LogP contribution in [0.3, 0.4) is 0 Å². The van der Waals surface area contributed by atoms with Gasteiger partial charge in [0, 0.05) is 18.8 Å². The lowest BCUT2D eigenvalue weighted by atomic mass is 10.2. The Bertz CT molecular complexity index is 361. The molecule has 0 unspecified atom stereocenters. The van der Waals surface area contributed by atoms with Crippen LogP contribution in [0.5, 0.6) is 0 Å². The molecule has 88 valence electrons. The highest BCUT2D eigenvalue weighted by molar-refractivity contribution is 6.30. The summed E-state index contributed by atoms with van der Waals surface area (Å²) < 4.78 is 0. The number of nitrogen functional groups attached to an aromatic ring is 1. The summed E-state index contributed by atoms with van der Waals surface area (Å²) >= 11 is 5.86. The van der Waals surface area contributed by atoms with E-state index < -0.39 is 0 Å². The molecule has 0 saturated heterocycles. The average Bonchev–Trinajstić information content (AvgIpc) is 2.75. The zero-order chi connectivity index (χ0) is 11.5. The van der Waals surface area contributed by atoms with Crippen molar-refractivity contribution in [1.29, 1.82) is 0 Å². The lowest BCUT2D eigenvalue weighted by Gasteiger charge is -2.29. The Labute approximate surface area is 102 Å². The zero-order valence-electron chi connectivity index (χ0n) is 9.62. The van der Waals surface area contributed by atoms with Gasteiger partial charge in [0.25, 0.3) is 0 Å². The van der Waals surface area contributed by atoms with Gasteiger partial charge in [-0.15, -0.1) is 0 Å². The molecule has 1 heterocycles.